The molecule has 22 heavy (non-hydrogen) atoms. The number of imidazole rings is 1. The molecule has 1 atom stereocenters. The number of hydrogen-bond acceptors (Lipinski definition) is 2. The Morgan fingerprint density at radius 3 is 2.95 bits per heavy atom. The van der Waals surface area contributed by atoms with Crippen LogP contribution in [-0.4, -0.2) is 32.8 Å². The summed E-state index contributed by atoms with van der Waals surface area (Å²) >= 11 is 0. The molecule has 0 bridgehead atoms. The molecule has 0 radical (unpaired) electrons. The largest absolute Gasteiger partial charge is 0.334 e. The molecule has 0 aromatic carbocycles. The first-order valence-corrected chi connectivity index (χ1v) is 8.53. The second kappa shape index (κ2) is 6.51. The third-order valence-electron chi connectivity index (χ3n) is 4.65. The van der Waals surface area contributed by atoms with Gasteiger partial charge in [-0.1, -0.05) is 26.3 Å². The Morgan fingerprint density at radius 2 is 2.18 bits per heavy atom. The maximum absolute atomic E-state index is 13.2. The molecule has 1 saturated heterocycles. The van der Waals surface area contributed by atoms with Crippen LogP contribution in [0.2, 0.25) is 0 Å². The van der Waals surface area contributed by atoms with E-state index in [0.29, 0.717) is 6.04 Å². The van der Waals surface area contributed by atoms with Gasteiger partial charge in [-0.25, -0.2) is 4.98 Å². The van der Waals surface area contributed by atoms with E-state index in [1.165, 1.54) is 6.42 Å². The van der Waals surface area contributed by atoms with E-state index in [1.807, 2.05) is 28.8 Å². The molecule has 1 unspecified atom stereocenters. The summed E-state index contributed by atoms with van der Waals surface area (Å²) in [6.45, 7) is 5.19. The molecule has 0 aliphatic carbocycles. The van der Waals surface area contributed by atoms with Crippen molar-refractivity contribution in [3.05, 3.63) is 35.8 Å². The standard InChI is InChI=1S/C18H25N3O/c1-3-9-15-17(21-13-8-6-11-16(21)19-15)18(22)20-12-7-5-10-14(20)4-2/h6,8,11,13-14H,3-5,7,9-10,12H2,1-2H3. The van der Waals surface area contributed by atoms with E-state index in [9.17, 15) is 4.79 Å². The Kier molecular flexibility index (Phi) is 4.46. The molecular formula is C18H25N3O. The van der Waals surface area contributed by atoms with Gasteiger partial charge in [0.15, 0.2) is 0 Å². The van der Waals surface area contributed by atoms with E-state index in [1.54, 1.807) is 0 Å². The van der Waals surface area contributed by atoms with Gasteiger partial charge in [-0.15, -0.1) is 0 Å². The molecule has 4 heteroatoms. The predicted octanol–water partition coefficient (Wildman–Crippen LogP) is 3.69. The minimum atomic E-state index is 0.161. The molecule has 0 spiro atoms. The molecule has 1 fully saturated rings. The first-order chi connectivity index (χ1) is 10.8. The zero-order valence-corrected chi connectivity index (χ0v) is 13.6. The van der Waals surface area contributed by atoms with Crippen LogP contribution in [0.3, 0.4) is 0 Å². The van der Waals surface area contributed by atoms with Crippen molar-refractivity contribution < 1.29 is 4.79 Å². The molecule has 1 aliphatic heterocycles. The van der Waals surface area contributed by atoms with Crippen LogP contribution in [0.4, 0.5) is 0 Å². The van der Waals surface area contributed by atoms with Crippen LogP contribution in [0, 0.1) is 0 Å². The highest BCUT2D eigenvalue weighted by molar-refractivity contribution is 5.95. The van der Waals surface area contributed by atoms with Crippen LogP contribution in [0.25, 0.3) is 5.65 Å². The van der Waals surface area contributed by atoms with E-state index < -0.39 is 0 Å². The minimum absolute atomic E-state index is 0.161. The number of aromatic nitrogens is 2. The molecule has 2 aromatic rings. The summed E-state index contributed by atoms with van der Waals surface area (Å²) in [5.41, 5.74) is 2.59. The highest BCUT2D eigenvalue weighted by Crippen LogP contribution is 2.24. The number of carbonyl (C=O) groups is 1. The average Bonchev–Trinajstić information content (AvgIpc) is 2.92. The number of likely N-dealkylation sites (tertiary alicyclic amines) is 1. The summed E-state index contributed by atoms with van der Waals surface area (Å²) < 4.78 is 1.97. The van der Waals surface area contributed by atoms with Crippen molar-refractivity contribution in [1.82, 2.24) is 14.3 Å². The fraction of sp³-hybridized carbons (Fsp3) is 0.556. The van der Waals surface area contributed by atoms with Gasteiger partial charge in [-0.3, -0.25) is 9.20 Å². The van der Waals surface area contributed by atoms with E-state index in [2.05, 4.69) is 23.7 Å². The van der Waals surface area contributed by atoms with Gasteiger partial charge >= 0.3 is 0 Å². The van der Waals surface area contributed by atoms with Gasteiger partial charge in [0.2, 0.25) is 0 Å². The summed E-state index contributed by atoms with van der Waals surface area (Å²) in [4.78, 5) is 20.0. The van der Waals surface area contributed by atoms with Gasteiger partial charge in [-0.05, 0) is 44.2 Å². The van der Waals surface area contributed by atoms with Crippen LogP contribution >= 0.6 is 0 Å². The Labute approximate surface area is 132 Å². The summed E-state index contributed by atoms with van der Waals surface area (Å²) in [7, 11) is 0. The SMILES string of the molecule is CCCc1nc2ccccn2c1C(=O)N1CCCCC1CC. The van der Waals surface area contributed by atoms with Crippen molar-refractivity contribution >= 4 is 11.6 Å². The Balaban J connectivity index is 2.03. The Bertz CT molecular complexity index is 661. The topological polar surface area (TPSA) is 37.6 Å². The normalized spacial score (nSPS) is 18.8. The van der Waals surface area contributed by atoms with Gasteiger partial charge in [0, 0.05) is 18.8 Å². The van der Waals surface area contributed by atoms with Crippen molar-refractivity contribution in [2.45, 2.75) is 58.4 Å². The monoisotopic (exact) mass is 299 g/mol. The number of piperidine rings is 1. The molecule has 2 aromatic heterocycles. The van der Waals surface area contributed by atoms with E-state index >= 15 is 0 Å². The van der Waals surface area contributed by atoms with Crippen molar-refractivity contribution in [3.63, 3.8) is 0 Å². The van der Waals surface area contributed by atoms with Gasteiger partial charge < -0.3 is 4.90 Å². The number of rotatable bonds is 4. The number of carbonyl (C=O) groups excluding carboxylic acids is 1. The van der Waals surface area contributed by atoms with Gasteiger partial charge in [0.25, 0.3) is 5.91 Å². The predicted molar refractivity (Wildman–Crippen MR) is 88.2 cm³/mol. The van der Waals surface area contributed by atoms with Gasteiger partial charge in [0.05, 0.1) is 5.69 Å². The van der Waals surface area contributed by atoms with Crippen molar-refractivity contribution in [3.8, 4) is 0 Å². The molecule has 1 aliphatic rings. The third-order valence-corrected chi connectivity index (χ3v) is 4.65. The molecule has 0 N–H and O–H groups in total. The van der Waals surface area contributed by atoms with Crippen LogP contribution in [0.15, 0.2) is 24.4 Å². The Hall–Kier alpha value is -1.84. The van der Waals surface area contributed by atoms with Gasteiger partial charge in [-0.2, -0.15) is 0 Å². The van der Waals surface area contributed by atoms with E-state index in [0.717, 1.165) is 55.7 Å². The maximum atomic E-state index is 13.2. The van der Waals surface area contributed by atoms with E-state index in [-0.39, 0.29) is 5.91 Å². The lowest BCUT2D eigenvalue weighted by molar-refractivity contribution is 0.0599. The number of amides is 1. The minimum Gasteiger partial charge on any atom is -0.334 e. The van der Waals surface area contributed by atoms with Gasteiger partial charge in [0.1, 0.15) is 11.3 Å². The van der Waals surface area contributed by atoms with Crippen LogP contribution in [0.1, 0.15) is 62.1 Å². The third kappa shape index (κ3) is 2.62. The molecule has 0 saturated carbocycles. The first kappa shape index (κ1) is 15.1. The number of pyridine rings is 1. The lowest BCUT2D eigenvalue weighted by Gasteiger charge is -2.35. The van der Waals surface area contributed by atoms with Crippen molar-refractivity contribution in [2.24, 2.45) is 0 Å². The summed E-state index contributed by atoms with van der Waals surface area (Å²) in [5, 5.41) is 0. The zero-order valence-electron chi connectivity index (χ0n) is 13.6. The lowest BCUT2D eigenvalue weighted by Crippen LogP contribution is -2.44. The molecule has 118 valence electrons. The summed E-state index contributed by atoms with van der Waals surface area (Å²) in [5.74, 6) is 0.161. The Morgan fingerprint density at radius 1 is 1.32 bits per heavy atom. The lowest BCUT2D eigenvalue weighted by atomic mass is 9.99. The molecule has 3 heterocycles. The second-order valence-corrected chi connectivity index (χ2v) is 6.14. The maximum Gasteiger partial charge on any atom is 0.273 e. The number of fused-ring (bicyclic) bond motifs is 1. The van der Waals surface area contributed by atoms with E-state index in [4.69, 9.17) is 0 Å². The number of hydrogen-bond donors (Lipinski definition) is 0. The first-order valence-electron chi connectivity index (χ1n) is 8.53. The fourth-order valence-electron chi connectivity index (χ4n) is 3.51. The second-order valence-electron chi connectivity index (χ2n) is 6.14. The van der Waals surface area contributed by atoms with Crippen LogP contribution in [0.5, 0.6) is 0 Å². The van der Waals surface area contributed by atoms with Crippen molar-refractivity contribution in [1.29, 1.82) is 0 Å². The fourth-order valence-corrected chi connectivity index (χ4v) is 3.51. The molecule has 3 rings (SSSR count). The van der Waals surface area contributed by atoms with Crippen molar-refractivity contribution in [2.75, 3.05) is 6.54 Å². The van der Waals surface area contributed by atoms with Crippen LogP contribution < -0.4 is 0 Å². The average molecular weight is 299 g/mol. The molecular weight excluding hydrogens is 274 g/mol. The molecule has 1 amide bonds. The quantitative estimate of drug-likeness (QED) is 0.863. The highest BCUT2D eigenvalue weighted by atomic mass is 16.2. The molecule has 4 nitrogen and oxygen atoms in total. The van der Waals surface area contributed by atoms with Crippen LogP contribution in [-0.2, 0) is 6.42 Å². The smallest absolute Gasteiger partial charge is 0.273 e. The zero-order chi connectivity index (χ0) is 15.5. The summed E-state index contributed by atoms with van der Waals surface area (Å²) in [6, 6.07) is 6.30. The highest BCUT2D eigenvalue weighted by Gasteiger charge is 2.29. The number of aryl methyl sites for hydroxylation is 1. The summed E-state index contributed by atoms with van der Waals surface area (Å²) in [6.07, 6.45) is 8.32. The number of nitrogens with zero attached hydrogens (tertiary/aromatic N) is 3.